The van der Waals surface area contributed by atoms with Crippen molar-refractivity contribution < 1.29 is 19.1 Å². The molecule has 0 saturated carbocycles. The Balaban J connectivity index is 1.93. The molecule has 0 aromatic heterocycles. The molecule has 7 heteroatoms. The molecule has 23 heavy (non-hydrogen) atoms. The highest BCUT2D eigenvalue weighted by molar-refractivity contribution is 5.92. The number of carbonyl (C=O) groups is 2. The Morgan fingerprint density at radius 1 is 1.30 bits per heavy atom. The van der Waals surface area contributed by atoms with E-state index in [1.54, 1.807) is 32.4 Å². The predicted molar refractivity (Wildman–Crippen MR) is 86.5 cm³/mol. The van der Waals surface area contributed by atoms with Crippen molar-refractivity contribution in [2.45, 2.75) is 12.8 Å². The quantitative estimate of drug-likeness (QED) is 0.810. The molecule has 0 unspecified atom stereocenters. The standard InChI is InChI=1S/C16H23N3O4/c1-22-13-6-5-12(8-14(13)23-2)18-15(20)10-19-7-3-4-11(9-19)16(17)21/h5-6,8,11H,3-4,7,9-10H2,1-2H3,(H2,17,21)(H,18,20)/t11-/m1/s1. The molecule has 1 aliphatic heterocycles. The average molecular weight is 321 g/mol. The molecule has 1 aromatic rings. The molecule has 1 atom stereocenters. The van der Waals surface area contributed by atoms with Crippen molar-refractivity contribution >= 4 is 17.5 Å². The topological polar surface area (TPSA) is 93.9 Å². The Bertz CT molecular complexity index is 576. The third kappa shape index (κ3) is 4.59. The number of methoxy groups -OCH3 is 2. The van der Waals surface area contributed by atoms with Crippen LogP contribution < -0.4 is 20.5 Å². The summed E-state index contributed by atoms with van der Waals surface area (Å²) in [5, 5.41) is 2.83. The number of piperidine rings is 1. The van der Waals surface area contributed by atoms with Crippen molar-refractivity contribution in [2.24, 2.45) is 11.7 Å². The number of primary amides is 1. The van der Waals surface area contributed by atoms with Crippen molar-refractivity contribution in [1.29, 1.82) is 0 Å². The van der Waals surface area contributed by atoms with E-state index in [0.717, 1.165) is 19.4 Å². The fourth-order valence-corrected chi connectivity index (χ4v) is 2.75. The zero-order chi connectivity index (χ0) is 16.8. The van der Waals surface area contributed by atoms with Gasteiger partial charge in [0.25, 0.3) is 0 Å². The molecule has 1 aromatic carbocycles. The van der Waals surface area contributed by atoms with Gasteiger partial charge in [-0.05, 0) is 31.5 Å². The van der Waals surface area contributed by atoms with Gasteiger partial charge >= 0.3 is 0 Å². The molecule has 3 N–H and O–H groups in total. The van der Waals surface area contributed by atoms with Crippen LogP contribution in [0.2, 0.25) is 0 Å². The highest BCUT2D eigenvalue weighted by Crippen LogP contribution is 2.29. The lowest BCUT2D eigenvalue weighted by Crippen LogP contribution is -2.44. The first kappa shape index (κ1) is 17.1. The fraction of sp³-hybridized carbons (Fsp3) is 0.500. The third-order valence-corrected chi connectivity index (χ3v) is 3.94. The molecule has 1 heterocycles. The first-order chi connectivity index (χ1) is 11.0. The van der Waals surface area contributed by atoms with E-state index in [1.165, 1.54) is 0 Å². The summed E-state index contributed by atoms with van der Waals surface area (Å²) in [6.45, 7) is 1.57. The van der Waals surface area contributed by atoms with Crippen molar-refractivity contribution in [1.82, 2.24) is 4.90 Å². The number of nitrogens with one attached hydrogen (secondary N) is 1. The number of hydrogen-bond acceptors (Lipinski definition) is 5. The minimum absolute atomic E-state index is 0.137. The highest BCUT2D eigenvalue weighted by atomic mass is 16.5. The Morgan fingerprint density at radius 2 is 2.04 bits per heavy atom. The number of rotatable bonds is 6. The molecule has 1 saturated heterocycles. The van der Waals surface area contributed by atoms with Gasteiger partial charge < -0.3 is 20.5 Å². The molecule has 0 bridgehead atoms. The predicted octanol–water partition coefficient (Wildman–Crippen LogP) is 0.840. The van der Waals surface area contributed by atoms with Crippen molar-refractivity contribution in [2.75, 3.05) is 39.2 Å². The normalized spacial score (nSPS) is 18.3. The molecule has 0 radical (unpaired) electrons. The monoisotopic (exact) mass is 321 g/mol. The molecule has 126 valence electrons. The van der Waals surface area contributed by atoms with E-state index in [-0.39, 0.29) is 24.3 Å². The van der Waals surface area contributed by atoms with Gasteiger partial charge in [0, 0.05) is 18.3 Å². The number of amides is 2. The lowest BCUT2D eigenvalue weighted by molar-refractivity contribution is -0.125. The fourth-order valence-electron chi connectivity index (χ4n) is 2.75. The molecule has 1 fully saturated rings. The zero-order valence-corrected chi connectivity index (χ0v) is 13.5. The number of benzene rings is 1. The van der Waals surface area contributed by atoms with Crippen LogP contribution in [0.25, 0.3) is 0 Å². The summed E-state index contributed by atoms with van der Waals surface area (Å²) in [5.41, 5.74) is 5.99. The van der Waals surface area contributed by atoms with Crippen LogP contribution in [-0.2, 0) is 9.59 Å². The number of anilines is 1. The van der Waals surface area contributed by atoms with E-state index >= 15 is 0 Å². The van der Waals surface area contributed by atoms with Crippen LogP contribution in [0, 0.1) is 5.92 Å². The third-order valence-electron chi connectivity index (χ3n) is 3.94. The van der Waals surface area contributed by atoms with E-state index < -0.39 is 0 Å². The van der Waals surface area contributed by atoms with Crippen LogP contribution in [-0.4, -0.2) is 50.6 Å². The van der Waals surface area contributed by atoms with E-state index in [2.05, 4.69) is 5.32 Å². The zero-order valence-electron chi connectivity index (χ0n) is 13.5. The first-order valence-corrected chi connectivity index (χ1v) is 7.57. The second kappa shape index (κ2) is 7.82. The summed E-state index contributed by atoms with van der Waals surface area (Å²) < 4.78 is 10.4. The lowest BCUT2D eigenvalue weighted by atomic mass is 9.97. The van der Waals surface area contributed by atoms with Gasteiger partial charge in [-0.25, -0.2) is 0 Å². The van der Waals surface area contributed by atoms with Gasteiger partial charge in [0.1, 0.15) is 0 Å². The van der Waals surface area contributed by atoms with Crippen LogP contribution >= 0.6 is 0 Å². The Labute approximate surface area is 135 Å². The summed E-state index contributed by atoms with van der Waals surface area (Å²) in [4.78, 5) is 25.4. The molecule has 2 rings (SSSR count). The second-order valence-electron chi connectivity index (χ2n) is 5.59. The second-order valence-corrected chi connectivity index (χ2v) is 5.59. The van der Waals surface area contributed by atoms with E-state index in [4.69, 9.17) is 15.2 Å². The molecule has 7 nitrogen and oxygen atoms in total. The van der Waals surface area contributed by atoms with E-state index in [1.807, 2.05) is 4.90 Å². The van der Waals surface area contributed by atoms with Gasteiger partial charge in [-0.1, -0.05) is 0 Å². The van der Waals surface area contributed by atoms with Crippen molar-refractivity contribution in [3.8, 4) is 11.5 Å². The minimum atomic E-state index is -0.296. The summed E-state index contributed by atoms with van der Waals surface area (Å²) in [6.07, 6.45) is 1.67. The minimum Gasteiger partial charge on any atom is -0.493 e. The van der Waals surface area contributed by atoms with Crippen molar-refractivity contribution in [3.63, 3.8) is 0 Å². The Kier molecular flexibility index (Phi) is 5.81. The Hall–Kier alpha value is -2.28. The summed E-state index contributed by atoms with van der Waals surface area (Å²) in [5.74, 6) is 0.554. The number of ether oxygens (including phenoxy) is 2. The maximum absolute atomic E-state index is 12.2. The van der Waals surface area contributed by atoms with Crippen molar-refractivity contribution in [3.05, 3.63) is 18.2 Å². The smallest absolute Gasteiger partial charge is 0.238 e. The van der Waals surface area contributed by atoms with Gasteiger partial charge in [0.15, 0.2) is 11.5 Å². The van der Waals surface area contributed by atoms with Gasteiger partial charge in [0.05, 0.1) is 26.7 Å². The first-order valence-electron chi connectivity index (χ1n) is 7.57. The SMILES string of the molecule is COc1ccc(NC(=O)CN2CCC[C@@H](C(N)=O)C2)cc1OC. The average Bonchev–Trinajstić information content (AvgIpc) is 2.54. The van der Waals surface area contributed by atoms with E-state index in [0.29, 0.717) is 23.7 Å². The summed E-state index contributed by atoms with van der Waals surface area (Å²) in [6, 6.07) is 5.19. The van der Waals surface area contributed by atoms with Crippen LogP contribution in [0.3, 0.4) is 0 Å². The molecular weight excluding hydrogens is 298 g/mol. The van der Waals surface area contributed by atoms with Crippen LogP contribution in [0.1, 0.15) is 12.8 Å². The van der Waals surface area contributed by atoms with Gasteiger partial charge in [-0.15, -0.1) is 0 Å². The van der Waals surface area contributed by atoms with E-state index in [9.17, 15) is 9.59 Å². The number of nitrogens with zero attached hydrogens (tertiary/aromatic N) is 1. The van der Waals surface area contributed by atoms with Crippen LogP contribution in [0.5, 0.6) is 11.5 Å². The molecule has 1 aliphatic rings. The molecule has 0 aliphatic carbocycles. The number of nitrogens with two attached hydrogens (primary N) is 1. The highest BCUT2D eigenvalue weighted by Gasteiger charge is 2.25. The lowest BCUT2D eigenvalue weighted by Gasteiger charge is -2.30. The molecular formula is C16H23N3O4. The van der Waals surface area contributed by atoms with Gasteiger partial charge in [0.2, 0.25) is 11.8 Å². The number of likely N-dealkylation sites (tertiary alicyclic amines) is 1. The number of hydrogen-bond donors (Lipinski definition) is 2. The largest absolute Gasteiger partial charge is 0.493 e. The van der Waals surface area contributed by atoms with Crippen LogP contribution in [0.4, 0.5) is 5.69 Å². The molecule has 0 spiro atoms. The maximum atomic E-state index is 12.2. The number of carbonyl (C=O) groups excluding carboxylic acids is 2. The van der Waals surface area contributed by atoms with Crippen LogP contribution in [0.15, 0.2) is 18.2 Å². The van der Waals surface area contributed by atoms with Gasteiger partial charge in [-0.3, -0.25) is 14.5 Å². The molecule has 2 amide bonds. The summed E-state index contributed by atoms with van der Waals surface area (Å²) in [7, 11) is 3.10. The maximum Gasteiger partial charge on any atom is 0.238 e. The Morgan fingerprint density at radius 3 is 2.70 bits per heavy atom. The summed E-state index contributed by atoms with van der Waals surface area (Å²) >= 11 is 0. The van der Waals surface area contributed by atoms with Gasteiger partial charge in [-0.2, -0.15) is 0 Å².